The van der Waals surface area contributed by atoms with E-state index in [2.05, 4.69) is 10.3 Å². The zero-order valence-corrected chi connectivity index (χ0v) is 14.5. The number of urea groups is 1. The number of fused-ring (bicyclic) bond motifs is 1. The van der Waals surface area contributed by atoms with Gasteiger partial charge in [-0.1, -0.05) is 18.2 Å². The zero-order chi connectivity index (χ0) is 17.8. The Kier molecular flexibility index (Phi) is 4.88. The lowest BCUT2D eigenvalue weighted by Gasteiger charge is -2.23. The van der Waals surface area contributed by atoms with Crippen molar-refractivity contribution in [2.24, 2.45) is 0 Å². The van der Waals surface area contributed by atoms with Crippen molar-refractivity contribution >= 4 is 16.9 Å². The van der Waals surface area contributed by atoms with Gasteiger partial charge in [0.1, 0.15) is 5.76 Å². The summed E-state index contributed by atoms with van der Waals surface area (Å²) in [6.07, 6.45) is 1.60. The summed E-state index contributed by atoms with van der Waals surface area (Å²) in [4.78, 5) is 18.5. The van der Waals surface area contributed by atoms with Crippen LogP contribution in [0.1, 0.15) is 24.3 Å². The molecule has 1 atom stereocenters. The highest BCUT2D eigenvalue weighted by Gasteiger charge is 2.19. The summed E-state index contributed by atoms with van der Waals surface area (Å²) in [7, 11) is 3.33. The van der Waals surface area contributed by atoms with Crippen LogP contribution in [0.5, 0.6) is 5.88 Å². The third-order valence-corrected chi connectivity index (χ3v) is 4.27. The van der Waals surface area contributed by atoms with Gasteiger partial charge in [-0.2, -0.15) is 0 Å². The fraction of sp³-hybridized carbons (Fsp3) is 0.263. The van der Waals surface area contributed by atoms with Crippen LogP contribution < -0.4 is 10.1 Å². The zero-order valence-electron chi connectivity index (χ0n) is 14.5. The number of amides is 2. The normalized spacial score (nSPS) is 12.0. The molecule has 6 nitrogen and oxygen atoms in total. The van der Waals surface area contributed by atoms with E-state index in [4.69, 9.17) is 9.15 Å². The maximum absolute atomic E-state index is 12.5. The predicted molar refractivity (Wildman–Crippen MR) is 95.4 cm³/mol. The quantitative estimate of drug-likeness (QED) is 0.769. The Hall–Kier alpha value is -3.02. The molecule has 0 aliphatic carbocycles. The molecule has 1 N–H and O–H groups in total. The van der Waals surface area contributed by atoms with Crippen LogP contribution in [0.3, 0.4) is 0 Å². The molecule has 0 saturated carbocycles. The second kappa shape index (κ2) is 7.25. The number of aromatic nitrogens is 1. The molecule has 0 radical (unpaired) electrons. The molecule has 0 bridgehead atoms. The molecule has 6 heteroatoms. The summed E-state index contributed by atoms with van der Waals surface area (Å²) in [5.41, 5.74) is 1.79. The number of nitrogens with zero attached hydrogens (tertiary/aromatic N) is 2. The topological polar surface area (TPSA) is 67.6 Å². The van der Waals surface area contributed by atoms with Crippen LogP contribution in [0.15, 0.2) is 53.1 Å². The largest absolute Gasteiger partial charge is 0.481 e. The first-order chi connectivity index (χ1) is 12.1. The van der Waals surface area contributed by atoms with Crippen molar-refractivity contribution in [2.45, 2.75) is 19.5 Å². The lowest BCUT2D eigenvalue weighted by Crippen LogP contribution is -2.38. The number of rotatable bonds is 5. The van der Waals surface area contributed by atoms with Gasteiger partial charge in [-0.15, -0.1) is 0 Å². The molecular formula is C19H21N3O3. The van der Waals surface area contributed by atoms with Crippen molar-refractivity contribution in [1.82, 2.24) is 15.2 Å². The van der Waals surface area contributed by atoms with E-state index in [1.165, 1.54) is 0 Å². The Morgan fingerprint density at radius 3 is 2.84 bits per heavy atom. The second-order valence-corrected chi connectivity index (χ2v) is 5.80. The predicted octanol–water partition coefficient (Wildman–Crippen LogP) is 3.74. The van der Waals surface area contributed by atoms with Gasteiger partial charge < -0.3 is 19.4 Å². The van der Waals surface area contributed by atoms with Crippen molar-refractivity contribution in [3.63, 3.8) is 0 Å². The van der Waals surface area contributed by atoms with E-state index in [1.807, 2.05) is 49.4 Å². The third-order valence-electron chi connectivity index (χ3n) is 4.27. The van der Waals surface area contributed by atoms with Gasteiger partial charge in [0.15, 0.2) is 0 Å². The van der Waals surface area contributed by atoms with Gasteiger partial charge in [0.05, 0.1) is 24.9 Å². The van der Waals surface area contributed by atoms with Crippen molar-refractivity contribution in [2.75, 3.05) is 14.2 Å². The summed E-state index contributed by atoms with van der Waals surface area (Å²) in [6.45, 7) is 2.30. The lowest BCUT2D eigenvalue weighted by molar-refractivity contribution is 0.187. The molecule has 0 saturated heterocycles. The number of para-hydroxylation sites is 1. The molecule has 0 unspecified atom stereocenters. The Balaban J connectivity index is 1.74. The van der Waals surface area contributed by atoms with E-state index in [-0.39, 0.29) is 12.1 Å². The molecule has 0 aliphatic rings. The summed E-state index contributed by atoms with van der Waals surface area (Å²) >= 11 is 0. The number of pyridine rings is 1. The number of nitrogens with one attached hydrogen (secondary N) is 1. The highest BCUT2D eigenvalue weighted by molar-refractivity contribution is 5.83. The van der Waals surface area contributed by atoms with E-state index in [0.29, 0.717) is 12.4 Å². The van der Waals surface area contributed by atoms with Gasteiger partial charge in [0.25, 0.3) is 0 Å². The number of methoxy groups -OCH3 is 1. The molecule has 2 aromatic heterocycles. The number of hydrogen-bond acceptors (Lipinski definition) is 4. The second-order valence-electron chi connectivity index (χ2n) is 5.80. The van der Waals surface area contributed by atoms with Crippen molar-refractivity contribution < 1.29 is 13.9 Å². The molecule has 2 amide bonds. The maximum atomic E-state index is 12.5. The number of ether oxygens (including phenoxy) is 1. The van der Waals surface area contributed by atoms with E-state index >= 15 is 0 Å². The summed E-state index contributed by atoms with van der Waals surface area (Å²) in [5.74, 6) is 1.27. The van der Waals surface area contributed by atoms with Gasteiger partial charge in [-0.3, -0.25) is 0 Å². The number of hydrogen-bond donors (Lipinski definition) is 1. The average molecular weight is 339 g/mol. The molecule has 1 aromatic carbocycles. The minimum Gasteiger partial charge on any atom is -0.481 e. The molecule has 0 fully saturated rings. The van der Waals surface area contributed by atoms with Crippen LogP contribution in [0.2, 0.25) is 0 Å². The lowest BCUT2D eigenvalue weighted by atomic mass is 10.1. The number of furan rings is 1. The van der Waals surface area contributed by atoms with Gasteiger partial charge in [-0.05, 0) is 30.7 Å². The Labute approximate surface area is 146 Å². The fourth-order valence-electron chi connectivity index (χ4n) is 2.66. The minimum absolute atomic E-state index is 0.154. The van der Waals surface area contributed by atoms with Crippen LogP contribution in [0, 0.1) is 0 Å². The SMILES string of the molecule is COc1cc(CNC(=O)N(C)[C@H](C)c2ccco2)c2ccccc2n1. The molecule has 25 heavy (non-hydrogen) atoms. The molecule has 130 valence electrons. The van der Waals surface area contributed by atoms with Crippen LogP contribution in [-0.2, 0) is 6.54 Å². The molecule has 2 heterocycles. The summed E-state index contributed by atoms with van der Waals surface area (Å²) in [6, 6.07) is 13.0. The van der Waals surface area contributed by atoms with Gasteiger partial charge in [0.2, 0.25) is 5.88 Å². The van der Waals surface area contributed by atoms with E-state index in [0.717, 1.165) is 22.2 Å². The molecule has 3 aromatic rings. The monoisotopic (exact) mass is 339 g/mol. The van der Waals surface area contributed by atoms with E-state index in [9.17, 15) is 4.79 Å². The Morgan fingerprint density at radius 2 is 2.12 bits per heavy atom. The van der Waals surface area contributed by atoms with E-state index < -0.39 is 0 Å². The van der Waals surface area contributed by atoms with Crippen molar-refractivity contribution in [3.05, 3.63) is 60.1 Å². The fourth-order valence-corrected chi connectivity index (χ4v) is 2.66. The summed E-state index contributed by atoms with van der Waals surface area (Å²) < 4.78 is 10.6. The van der Waals surface area contributed by atoms with E-state index in [1.54, 1.807) is 25.3 Å². The van der Waals surface area contributed by atoms with Crippen LogP contribution >= 0.6 is 0 Å². The van der Waals surface area contributed by atoms with Gasteiger partial charge >= 0.3 is 6.03 Å². The molecule has 3 rings (SSSR count). The third kappa shape index (κ3) is 3.57. The maximum Gasteiger partial charge on any atom is 0.318 e. The highest BCUT2D eigenvalue weighted by Crippen LogP contribution is 2.22. The number of benzene rings is 1. The Bertz CT molecular complexity index is 861. The average Bonchev–Trinajstić information content (AvgIpc) is 3.19. The number of carbonyl (C=O) groups excluding carboxylic acids is 1. The summed E-state index contributed by atoms with van der Waals surface area (Å²) in [5, 5.41) is 3.94. The van der Waals surface area contributed by atoms with Gasteiger partial charge in [0, 0.05) is 25.0 Å². The minimum atomic E-state index is -0.177. The van der Waals surface area contributed by atoms with Crippen molar-refractivity contribution in [1.29, 1.82) is 0 Å². The highest BCUT2D eigenvalue weighted by atomic mass is 16.5. The van der Waals surface area contributed by atoms with Crippen LogP contribution in [-0.4, -0.2) is 30.1 Å². The first-order valence-corrected chi connectivity index (χ1v) is 8.07. The molecular weight excluding hydrogens is 318 g/mol. The van der Waals surface area contributed by atoms with Crippen LogP contribution in [0.4, 0.5) is 4.79 Å². The van der Waals surface area contributed by atoms with Crippen molar-refractivity contribution in [3.8, 4) is 5.88 Å². The standard InChI is InChI=1S/C19H21N3O3/c1-13(17-9-6-10-25-17)22(2)19(23)20-12-14-11-18(24-3)21-16-8-5-4-7-15(14)16/h4-11,13H,12H2,1-3H3,(H,20,23)/t13-/m1/s1. The first kappa shape index (κ1) is 16.8. The smallest absolute Gasteiger partial charge is 0.318 e. The van der Waals surface area contributed by atoms with Gasteiger partial charge in [-0.25, -0.2) is 9.78 Å². The number of carbonyl (C=O) groups is 1. The molecule has 0 spiro atoms. The first-order valence-electron chi connectivity index (χ1n) is 8.07. The Morgan fingerprint density at radius 1 is 1.32 bits per heavy atom. The molecule has 0 aliphatic heterocycles. The van der Waals surface area contributed by atoms with Crippen LogP contribution in [0.25, 0.3) is 10.9 Å².